The van der Waals surface area contributed by atoms with Crippen LogP contribution >= 0.6 is 0 Å². The fourth-order valence-corrected chi connectivity index (χ4v) is 4.27. The van der Waals surface area contributed by atoms with Gasteiger partial charge in [0.1, 0.15) is 17.0 Å². The Morgan fingerprint density at radius 1 is 1.32 bits per heavy atom. The number of nitrogens with zero attached hydrogens (tertiary/aromatic N) is 4. The van der Waals surface area contributed by atoms with E-state index in [1.807, 2.05) is 12.4 Å². The molecule has 130 valence electrons. The van der Waals surface area contributed by atoms with Gasteiger partial charge in [0.25, 0.3) is 0 Å². The van der Waals surface area contributed by atoms with Gasteiger partial charge in [0.2, 0.25) is 0 Å². The molecule has 2 N–H and O–H groups in total. The SMILES string of the molecule is N#CCCC1CCC(n2c(CCO)nc3cnc4[nH]ccc4c32)CC1. The number of fused-ring (bicyclic) bond motifs is 3. The van der Waals surface area contributed by atoms with Gasteiger partial charge < -0.3 is 14.7 Å². The number of pyridine rings is 1. The Morgan fingerprint density at radius 2 is 2.16 bits per heavy atom. The van der Waals surface area contributed by atoms with Crippen molar-refractivity contribution in [3.05, 3.63) is 24.3 Å². The first kappa shape index (κ1) is 16.1. The van der Waals surface area contributed by atoms with Crippen LogP contribution in [0.3, 0.4) is 0 Å². The Hall–Kier alpha value is -2.39. The molecule has 0 aromatic carbocycles. The van der Waals surface area contributed by atoms with E-state index in [1.54, 1.807) is 0 Å². The van der Waals surface area contributed by atoms with E-state index in [4.69, 9.17) is 10.2 Å². The summed E-state index contributed by atoms with van der Waals surface area (Å²) in [5.74, 6) is 1.62. The predicted octanol–water partition coefficient (Wildman–Crippen LogP) is 3.48. The number of aliphatic hydroxyl groups excluding tert-OH is 1. The summed E-state index contributed by atoms with van der Waals surface area (Å²) in [5.41, 5.74) is 2.92. The third-order valence-electron chi connectivity index (χ3n) is 5.49. The summed E-state index contributed by atoms with van der Waals surface area (Å²) < 4.78 is 2.35. The van der Waals surface area contributed by atoms with Crippen molar-refractivity contribution in [2.75, 3.05) is 6.61 Å². The second kappa shape index (κ2) is 6.85. The van der Waals surface area contributed by atoms with Crippen molar-refractivity contribution in [2.45, 2.75) is 51.0 Å². The highest BCUT2D eigenvalue weighted by molar-refractivity contribution is 6.01. The van der Waals surface area contributed by atoms with Crippen LogP contribution in [0.15, 0.2) is 18.5 Å². The highest BCUT2D eigenvalue weighted by Gasteiger charge is 2.26. The van der Waals surface area contributed by atoms with Crippen molar-refractivity contribution in [3.63, 3.8) is 0 Å². The van der Waals surface area contributed by atoms with E-state index in [9.17, 15) is 5.11 Å². The van der Waals surface area contributed by atoms with Crippen LogP contribution in [-0.4, -0.2) is 31.2 Å². The van der Waals surface area contributed by atoms with E-state index >= 15 is 0 Å². The zero-order chi connectivity index (χ0) is 17.2. The summed E-state index contributed by atoms with van der Waals surface area (Å²) in [5, 5.41) is 19.4. The Labute approximate surface area is 146 Å². The Bertz CT molecular complexity index is 911. The molecule has 0 unspecified atom stereocenters. The molecule has 3 aromatic rings. The number of imidazole rings is 1. The molecule has 1 aliphatic rings. The molecule has 0 bridgehead atoms. The van der Waals surface area contributed by atoms with Crippen molar-refractivity contribution < 1.29 is 5.11 Å². The maximum Gasteiger partial charge on any atom is 0.139 e. The lowest BCUT2D eigenvalue weighted by Gasteiger charge is -2.30. The number of aromatic nitrogens is 4. The zero-order valence-electron chi connectivity index (χ0n) is 14.3. The monoisotopic (exact) mass is 337 g/mol. The minimum Gasteiger partial charge on any atom is -0.396 e. The van der Waals surface area contributed by atoms with E-state index in [-0.39, 0.29) is 6.61 Å². The smallest absolute Gasteiger partial charge is 0.139 e. The number of H-pyrrole nitrogens is 1. The van der Waals surface area contributed by atoms with Gasteiger partial charge in [-0.05, 0) is 44.1 Å². The molecule has 0 amide bonds. The first-order valence-corrected chi connectivity index (χ1v) is 9.12. The number of hydrogen-bond acceptors (Lipinski definition) is 4. The minimum atomic E-state index is 0.102. The van der Waals surface area contributed by atoms with Crippen LogP contribution in [0.5, 0.6) is 0 Å². The van der Waals surface area contributed by atoms with Crippen LogP contribution in [0.2, 0.25) is 0 Å². The van der Waals surface area contributed by atoms with E-state index < -0.39 is 0 Å². The lowest BCUT2D eigenvalue weighted by atomic mass is 9.83. The summed E-state index contributed by atoms with van der Waals surface area (Å²) in [6, 6.07) is 4.73. The van der Waals surface area contributed by atoms with E-state index in [0.29, 0.717) is 24.8 Å². The van der Waals surface area contributed by atoms with E-state index in [0.717, 1.165) is 60.0 Å². The molecule has 1 aliphatic carbocycles. The Morgan fingerprint density at radius 3 is 2.92 bits per heavy atom. The molecule has 6 heteroatoms. The molecule has 0 aliphatic heterocycles. The fourth-order valence-electron chi connectivity index (χ4n) is 4.27. The van der Waals surface area contributed by atoms with Crippen LogP contribution in [0.4, 0.5) is 0 Å². The van der Waals surface area contributed by atoms with Gasteiger partial charge in [-0.15, -0.1) is 0 Å². The lowest BCUT2D eigenvalue weighted by Crippen LogP contribution is -2.20. The quantitative estimate of drug-likeness (QED) is 0.745. The fraction of sp³-hybridized carbons (Fsp3) is 0.526. The third kappa shape index (κ3) is 2.89. The summed E-state index contributed by atoms with van der Waals surface area (Å²) in [6.45, 7) is 0.102. The zero-order valence-corrected chi connectivity index (χ0v) is 14.3. The van der Waals surface area contributed by atoms with Crippen molar-refractivity contribution in [1.82, 2.24) is 19.5 Å². The first-order valence-electron chi connectivity index (χ1n) is 9.12. The van der Waals surface area contributed by atoms with Crippen molar-refractivity contribution in [3.8, 4) is 6.07 Å². The average molecular weight is 337 g/mol. The largest absolute Gasteiger partial charge is 0.396 e. The molecular formula is C19H23N5O. The van der Waals surface area contributed by atoms with Crippen LogP contribution < -0.4 is 0 Å². The van der Waals surface area contributed by atoms with Crippen molar-refractivity contribution in [1.29, 1.82) is 5.26 Å². The Kier molecular flexibility index (Phi) is 4.41. The summed E-state index contributed by atoms with van der Waals surface area (Å²) in [4.78, 5) is 12.4. The number of aromatic amines is 1. The Balaban J connectivity index is 1.71. The van der Waals surface area contributed by atoms with E-state index in [2.05, 4.69) is 26.7 Å². The minimum absolute atomic E-state index is 0.102. The van der Waals surface area contributed by atoms with Crippen LogP contribution in [-0.2, 0) is 6.42 Å². The summed E-state index contributed by atoms with van der Waals surface area (Å²) in [7, 11) is 0. The van der Waals surface area contributed by atoms with Gasteiger partial charge in [-0.1, -0.05) is 0 Å². The topological polar surface area (TPSA) is 90.5 Å². The number of rotatable bonds is 5. The molecule has 4 rings (SSSR count). The molecule has 0 atom stereocenters. The molecule has 3 aromatic heterocycles. The molecule has 25 heavy (non-hydrogen) atoms. The van der Waals surface area contributed by atoms with Gasteiger partial charge in [0.15, 0.2) is 0 Å². The van der Waals surface area contributed by atoms with Crippen molar-refractivity contribution >= 4 is 22.1 Å². The molecule has 0 saturated heterocycles. The summed E-state index contributed by atoms with van der Waals surface area (Å²) in [6.07, 6.45) is 10.5. The van der Waals surface area contributed by atoms with Gasteiger partial charge in [-0.3, -0.25) is 0 Å². The molecule has 0 radical (unpaired) electrons. The average Bonchev–Trinajstić information content (AvgIpc) is 3.24. The molecule has 1 fully saturated rings. The summed E-state index contributed by atoms with van der Waals surface area (Å²) >= 11 is 0. The van der Waals surface area contributed by atoms with Crippen LogP contribution in [0, 0.1) is 17.2 Å². The van der Waals surface area contributed by atoms with Gasteiger partial charge in [0.05, 0.1) is 24.4 Å². The van der Waals surface area contributed by atoms with Gasteiger partial charge >= 0.3 is 0 Å². The molecular weight excluding hydrogens is 314 g/mol. The number of nitrogens with one attached hydrogen (secondary N) is 1. The maximum absolute atomic E-state index is 9.47. The van der Waals surface area contributed by atoms with E-state index in [1.165, 1.54) is 0 Å². The highest BCUT2D eigenvalue weighted by Crippen LogP contribution is 2.38. The standard InChI is InChI=1S/C19H23N5O/c20-9-1-2-13-3-5-14(6-4-13)24-17(8-11-25)23-16-12-22-19-15(18(16)24)7-10-21-19/h7,10,12-14,25H,1-6,8,11H2,(H,21,22). The highest BCUT2D eigenvalue weighted by atomic mass is 16.3. The van der Waals surface area contributed by atoms with Gasteiger partial charge in [0, 0.05) is 30.5 Å². The molecule has 6 nitrogen and oxygen atoms in total. The lowest BCUT2D eigenvalue weighted by molar-refractivity contribution is 0.258. The number of hydrogen-bond donors (Lipinski definition) is 2. The molecule has 1 saturated carbocycles. The predicted molar refractivity (Wildman–Crippen MR) is 96.0 cm³/mol. The second-order valence-electron chi connectivity index (χ2n) is 6.97. The number of aliphatic hydroxyl groups is 1. The maximum atomic E-state index is 9.47. The van der Waals surface area contributed by atoms with Crippen LogP contribution in [0.1, 0.15) is 50.4 Å². The van der Waals surface area contributed by atoms with Crippen molar-refractivity contribution in [2.24, 2.45) is 5.92 Å². The second-order valence-corrected chi connectivity index (χ2v) is 6.97. The van der Waals surface area contributed by atoms with Crippen LogP contribution in [0.25, 0.3) is 22.1 Å². The normalized spacial score (nSPS) is 21.0. The molecule has 0 spiro atoms. The van der Waals surface area contributed by atoms with Gasteiger partial charge in [-0.2, -0.15) is 5.26 Å². The number of nitriles is 1. The first-order chi connectivity index (χ1) is 12.3. The third-order valence-corrected chi connectivity index (χ3v) is 5.49. The molecule has 3 heterocycles. The van der Waals surface area contributed by atoms with Gasteiger partial charge in [-0.25, -0.2) is 9.97 Å².